The van der Waals surface area contributed by atoms with Crippen molar-refractivity contribution >= 4 is 10.4 Å². The van der Waals surface area contributed by atoms with Crippen molar-refractivity contribution in [3.05, 3.63) is 0 Å². The second-order valence-corrected chi connectivity index (χ2v) is 5.76. The average Bonchev–Trinajstić information content (AvgIpc) is 2.75. The van der Waals surface area contributed by atoms with E-state index in [1.807, 2.05) is 0 Å². The SMILES string of the molecule is CCCC[N+]1(CC)CCCC1.CCOS(=O)(=O)[O-]. The molecule has 0 aromatic carbocycles. The number of hydrogen-bond acceptors (Lipinski definition) is 4. The standard InChI is InChI=1S/C10H22N.C2H6O4S/c1-3-5-8-11(4-2)9-6-7-10-11;1-2-6-7(3,4)5/h3-10H2,1-2H3;2H2,1H3,(H,3,4,5)/q+1;/p-1. The Morgan fingerprint density at radius 2 is 1.72 bits per heavy atom. The molecule has 0 aromatic heterocycles. The predicted molar refractivity (Wildman–Crippen MR) is 70.9 cm³/mol. The van der Waals surface area contributed by atoms with Crippen LogP contribution in [0.2, 0.25) is 0 Å². The summed E-state index contributed by atoms with van der Waals surface area (Å²) >= 11 is 0. The second kappa shape index (κ2) is 8.85. The highest BCUT2D eigenvalue weighted by atomic mass is 32.3. The first-order chi connectivity index (χ1) is 8.39. The maximum Gasteiger partial charge on any atom is 0.217 e. The first kappa shape index (κ1) is 17.8. The molecule has 0 aromatic rings. The Labute approximate surface area is 112 Å². The van der Waals surface area contributed by atoms with E-state index in [4.69, 9.17) is 0 Å². The van der Waals surface area contributed by atoms with Crippen molar-refractivity contribution in [1.82, 2.24) is 0 Å². The van der Waals surface area contributed by atoms with Crippen molar-refractivity contribution in [2.75, 3.05) is 32.8 Å². The van der Waals surface area contributed by atoms with Gasteiger partial charge in [0, 0.05) is 12.8 Å². The fourth-order valence-corrected chi connectivity index (χ4v) is 2.63. The molecule has 0 N–H and O–H groups in total. The van der Waals surface area contributed by atoms with Gasteiger partial charge in [0.05, 0.1) is 32.8 Å². The average molecular weight is 281 g/mol. The third-order valence-corrected chi connectivity index (χ3v) is 3.96. The van der Waals surface area contributed by atoms with E-state index in [0.29, 0.717) is 0 Å². The summed E-state index contributed by atoms with van der Waals surface area (Å²) in [5.41, 5.74) is 0. The lowest BCUT2D eigenvalue weighted by molar-refractivity contribution is -0.915. The van der Waals surface area contributed by atoms with E-state index in [9.17, 15) is 13.0 Å². The van der Waals surface area contributed by atoms with Crippen LogP contribution in [0.25, 0.3) is 0 Å². The van der Waals surface area contributed by atoms with Gasteiger partial charge in [-0.1, -0.05) is 13.3 Å². The monoisotopic (exact) mass is 281 g/mol. The van der Waals surface area contributed by atoms with Crippen LogP contribution in [0.5, 0.6) is 0 Å². The molecule has 5 nitrogen and oxygen atoms in total. The quantitative estimate of drug-likeness (QED) is 0.424. The number of unbranched alkanes of at least 4 members (excludes halogenated alkanes) is 1. The first-order valence-electron chi connectivity index (χ1n) is 6.84. The predicted octanol–water partition coefficient (Wildman–Crippen LogP) is 1.90. The van der Waals surface area contributed by atoms with Crippen molar-refractivity contribution in [1.29, 1.82) is 0 Å². The second-order valence-electron chi connectivity index (χ2n) is 4.70. The zero-order valence-electron chi connectivity index (χ0n) is 11.9. The third kappa shape index (κ3) is 8.02. The summed E-state index contributed by atoms with van der Waals surface area (Å²) in [5.74, 6) is 0. The summed E-state index contributed by atoms with van der Waals surface area (Å²) in [4.78, 5) is 0. The fourth-order valence-electron chi connectivity index (χ4n) is 2.34. The highest BCUT2D eigenvalue weighted by molar-refractivity contribution is 7.80. The molecule has 1 heterocycles. The smallest absolute Gasteiger partial charge is 0.217 e. The first-order valence-corrected chi connectivity index (χ1v) is 8.17. The summed E-state index contributed by atoms with van der Waals surface area (Å²) in [7, 11) is -4.42. The minimum Gasteiger partial charge on any atom is -0.726 e. The number of quaternary nitrogens is 1. The number of nitrogens with zero attached hydrogens (tertiary/aromatic N) is 1. The van der Waals surface area contributed by atoms with Crippen LogP contribution in [0.1, 0.15) is 46.5 Å². The van der Waals surface area contributed by atoms with Gasteiger partial charge in [0.1, 0.15) is 0 Å². The van der Waals surface area contributed by atoms with Gasteiger partial charge in [0.25, 0.3) is 0 Å². The maximum atomic E-state index is 9.45. The van der Waals surface area contributed by atoms with Crippen LogP contribution >= 0.6 is 0 Å². The molecule has 110 valence electrons. The van der Waals surface area contributed by atoms with Crippen molar-refractivity contribution in [2.45, 2.75) is 46.5 Å². The normalized spacial score (nSPS) is 18.2. The van der Waals surface area contributed by atoms with Crippen LogP contribution in [0.4, 0.5) is 0 Å². The van der Waals surface area contributed by atoms with Gasteiger partial charge in [-0.25, -0.2) is 8.42 Å². The minimum atomic E-state index is -4.42. The van der Waals surface area contributed by atoms with Crippen LogP contribution in [0.3, 0.4) is 0 Å². The van der Waals surface area contributed by atoms with E-state index < -0.39 is 10.4 Å². The lowest BCUT2D eigenvalue weighted by Gasteiger charge is -2.32. The van der Waals surface area contributed by atoms with E-state index in [0.717, 1.165) is 0 Å². The lowest BCUT2D eigenvalue weighted by atomic mass is 10.3. The molecule has 0 radical (unpaired) electrons. The van der Waals surface area contributed by atoms with Crippen LogP contribution < -0.4 is 0 Å². The molecule has 1 saturated heterocycles. The van der Waals surface area contributed by atoms with Crippen molar-refractivity contribution in [2.24, 2.45) is 0 Å². The number of rotatable bonds is 6. The van der Waals surface area contributed by atoms with Gasteiger partial charge < -0.3 is 9.04 Å². The largest absolute Gasteiger partial charge is 0.726 e. The van der Waals surface area contributed by atoms with Crippen molar-refractivity contribution in [3.8, 4) is 0 Å². The van der Waals surface area contributed by atoms with E-state index >= 15 is 0 Å². The van der Waals surface area contributed by atoms with Gasteiger partial charge >= 0.3 is 0 Å². The van der Waals surface area contributed by atoms with Gasteiger partial charge in [-0.3, -0.25) is 4.18 Å². The molecular formula is C12H27NO4S. The molecule has 0 bridgehead atoms. The molecule has 1 fully saturated rings. The molecule has 0 aliphatic carbocycles. The Kier molecular flexibility index (Phi) is 8.77. The highest BCUT2D eigenvalue weighted by Crippen LogP contribution is 2.19. The van der Waals surface area contributed by atoms with Crippen molar-refractivity contribution in [3.63, 3.8) is 0 Å². The molecule has 0 atom stereocenters. The fraction of sp³-hybridized carbons (Fsp3) is 1.00. The Morgan fingerprint density at radius 1 is 1.17 bits per heavy atom. The summed E-state index contributed by atoms with van der Waals surface area (Å²) in [6.07, 6.45) is 5.73. The van der Waals surface area contributed by atoms with E-state index in [1.165, 1.54) is 63.3 Å². The molecule has 1 aliphatic rings. The Morgan fingerprint density at radius 3 is 2.00 bits per heavy atom. The topological polar surface area (TPSA) is 66.4 Å². The summed E-state index contributed by atoms with van der Waals surface area (Å²) in [5, 5.41) is 0. The van der Waals surface area contributed by atoms with Gasteiger partial charge in [0.2, 0.25) is 10.4 Å². The Bertz CT molecular complexity index is 297. The summed E-state index contributed by atoms with van der Waals surface area (Å²) in [6.45, 7) is 11.7. The molecular weight excluding hydrogens is 254 g/mol. The molecule has 0 amide bonds. The van der Waals surface area contributed by atoms with Gasteiger partial charge in [-0.2, -0.15) is 0 Å². The molecule has 0 spiro atoms. The number of likely N-dealkylation sites (tertiary alicyclic amines) is 1. The molecule has 18 heavy (non-hydrogen) atoms. The third-order valence-electron chi connectivity index (χ3n) is 3.43. The van der Waals surface area contributed by atoms with Crippen molar-refractivity contribution < 1.29 is 21.6 Å². The van der Waals surface area contributed by atoms with Crippen LogP contribution in [-0.2, 0) is 14.6 Å². The maximum absolute atomic E-state index is 9.45. The summed E-state index contributed by atoms with van der Waals surface area (Å²) in [6, 6.07) is 0. The highest BCUT2D eigenvalue weighted by Gasteiger charge is 2.28. The summed E-state index contributed by atoms with van der Waals surface area (Å²) < 4.78 is 33.4. The molecule has 1 rings (SSSR count). The van der Waals surface area contributed by atoms with E-state index in [1.54, 1.807) is 0 Å². The number of hydrogen-bond donors (Lipinski definition) is 0. The lowest BCUT2D eigenvalue weighted by Crippen LogP contribution is -2.45. The van der Waals surface area contributed by atoms with Crippen LogP contribution in [0.15, 0.2) is 0 Å². The van der Waals surface area contributed by atoms with Crippen LogP contribution in [-0.4, -0.2) is 50.2 Å². The van der Waals surface area contributed by atoms with Gasteiger partial charge in [-0.15, -0.1) is 0 Å². The van der Waals surface area contributed by atoms with E-state index in [2.05, 4.69) is 18.0 Å². The minimum absolute atomic E-state index is 0.0914. The molecule has 1 aliphatic heterocycles. The Hall–Kier alpha value is -0.170. The zero-order chi connectivity index (χ0) is 14.1. The zero-order valence-corrected chi connectivity index (χ0v) is 12.7. The van der Waals surface area contributed by atoms with Gasteiger partial charge in [0.15, 0.2) is 0 Å². The molecule has 0 saturated carbocycles. The van der Waals surface area contributed by atoms with E-state index in [-0.39, 0.29) is 6.61 Å². The molecule has 6 heteroatoms. The van der Waals surface area contributed by atoms with Crippen LogP contribution in [0, 0.1) is 0 Å². The van der Waals surface area contributed by atoms with Gasteiger partial charge in [-0.05, 0) is 20.3 Å². The molecule has 0 unspecified atom stereocenters. The Balaban J connectivity index is 0.000000360.